The van der Waals surface area contributed by atoms with Crippen molar-refractivity contribution in [1.82, 2.24) is 4.57 Å². The molecule has 0 saturated heterocycles. The van der Waals surface area contributed by atoms with Crippen LogP contribution in [0.1, 0.15) is 10.4 Å². The average Bonchev–Trinajstić information content (AvgIpc) is 3.05. The molecule has 0 aliphatic rings. The number of nitrogens with zero attached hydrogens (tertiary/aromatic N) is 2. The minimum atomic E-state index is -0.342. The number of benzene rings is 2. The van der Waals surface area contributed by atoms with Crippen molar-refractivity contribution in [3.8, 4) is 11.5 Å². The molecule has 0 bridgehead atoms. The Balaban J connectivity index is 2.15. The SMILES string of the molecule is COCCn1c(=NC(=O)c2ccc(OC)cc2)sc2c(Cl)ccc(OC)c21. The van der Waals surface area contributed by atoms with Gasteiger partial charge in [0.15, 0.2) is 4.80 Å². The Hall–Kier alpha value is -2.35. The Morgan fingerprint density at radius 3 is 2.48 bits per heavy atom. The van der Waals surface area contributed by atoms with Crippen LogP contribution < -0.4 is 14.3 Å². The molecule has 1 heterocycles. The maximum absolute atomic E-state index is 12.6. The highest BCUT2D eigenvalue weighted by molar-refractivity contribution is 7.17. The summed E-state index contributed by atoms with van der Waals surface area (Å²) in [5, 5.41) is 0.584. The zero-order valence-electron chi connectivity index (χ0n) is 15.2. The molecule has 8 heteroatoms. The second-order valence-corrected chi connectivity index (χ2v) is 6.99. The second kappa shape index (κ2) is 8.56. The molecule has 142 valence electrons. The number of carbonyl (C=O) groups is 1. The standard InChI is InChI=1S/C19H19ClN2O4S/c1-24-11-10-22-16-15(26-3)9-8-14(20)17(16)27-19(22)21-18(23)12-4-6-13(25-2)7-5-12/h4-9H,10-11H2,1-3H3. The van der Waals surface area contributed by atoms with Gasteiger partial charge in [-0.05, 0) is 36.4 Å². The lowest BCUT2D eigenvalue weighted by atomic mass is 10.2. The minimum absolute atomic E-state index is 0.342. The molecular weight excluding hydrogens is 388 g/mol. The van der Waals surface area contributed by atoms with E-state index in [0.717, 1.165) is 10.2 Å². The van der Waals surface area contributed by atoms with Crippen molar-refractivity contribution in [2.75, 3.05) is 27.9 Å². The van der Waals surface area contributed by atoms with Crippen LogP contribution in [-0.2, 0) is 11.3 Å². The highest BCUT2D eigenvalue weighted by atomic mass is 35.5. The molecule has 27 heavy (non-hydrogen) atoms. The number of amides is 1. The van der Waals surface area contributed by atoms with Gasteiger partial charge >= 0.3 is 0 Å². The monoisotopic (exact) mass is 406 g/mol. The van der Waals surface area contributed by atoms with Gasteiger partial charge < -0.3 is 18.8 Å². The molecule has 3 rings (SSSR count). The lowest BCUT2D eigenvalue weighted by Crippen LogP contribution is -2.19. The molecule has 1 aromatic heterocycles. The number of hydrogen-bond donors (Lipinski definition) is 0. The molecule has 0 aliphatic carbocycles. The van der Waals surface area contributed by atoms with Crippen LogP contribution in [0.15, 0.2) is 41.4 Å². The fraction of sp³-hybridized carbons (Fsp3) is 0.263. The van der Waals surface area contributed by atoms with E-state index in [-0.39, 0.29) is 5.91 Å². The van der Waals surface area contributed by atoms with Gasteiger partial charge in [-0.2, -0.15) is 4.99 Å². The Bertz CT molecular complexity index is 1020. The fourth-order valence-electron chi connectivity index (χ4n) is 2.65. The molecule has 3 aromatic rings. The normalized spacial score (nSPS) is 11.8. The van der Waals surface area contributed by atoms with Gasteiger partial charge in [0.2, 0.25) is 0 Å². The number of ether oxygens (including phenoxy) is 3. The molecule has 0 saturated carbocycles. The molecular formula is C19H19ClN2O4S. The number of hydrogen-bond acceptors (Lipinski definition) is 5. The van der Waals surface area contributed by atoms with Crippen molar-refractivity contribution in [2.45, 2.75) is 6.54 Å². The summed E-state index contributed by atoms with van der Waals surface area (Å²) in [6.45, 7) is 0.980. The molecule has 2 aromatic carbocycles. The number of aromatic nitrogens is 1. The minimum Gasteiger partial charge on any atom is -0.497 e. The van der Waals surface area contributed by atoms with Crippen molar-refractivity contribution in [2.24, 2.45) is 4.99 Å². The van der Waals surface area contributed by atoms with E-state index in [1.54, 1.807) is 57.7 Å². The van der Waals surface area contributed by atoms with E-state index in [1.807, 2.05) is 4.57 Å². The number of carbonyl (C=O) groups excluding carboxylic acids is 1. The quantitative estimate of drug-likeness (QED) is 0.625. The van der Waals surface area contributed by atoms with Crippen molar-refractivity contribution in [3.63, 3.8) is 0 Å². The third kappa shape index (κ3) is 4.00. The first kappa shape index (κ1) is 19.4. The zero-order valence-corrected chi connectivity index (χ0v) is 16.8. The first-order valence-electron chi connectivity index (χ1n) is 8.17. The molecule has 0 aliphatic heterocycles. The van der Waals surface area contributed by atoms with E-state index >= 15 is 0 Å². The van der Waals surface area contributed by atoms with Gasteiger partial charge in [-0.15, -0.1) is 0 Å². The van der Waals surface area contributed by atoms with Crippen LogP contribution in [-0.4, -0.2) is 38.4 Å². The maximum Gasteiger partial charge on any atom is 0.279 e. The summed E-state index contributed by atoms with van der Waals surface area (Å²) in [6, 6.07) is 10.4. The highest BCUT2D eigenvalue weighted by Gasteiger charge is 2.15. The van der Waals surface area contributed by atoms with Gasteiger partial charge in [0, 0.05) is 19.2 Å². The third-order valence-corrected chi connectivity index (χ3v) is 5.55. The van der Waals surface area contributed by atoms with Crippen molar-refractivity contribution >= 4 is 39.1 Å². The Morgan fingerprint density at radius 1 is 1.11 bits per heavy atom. The Morgan fingerprint density at radius 2 is 1.85 bits per heavy atom. The molecule has 0 N–H and O–H groups in total. The predicted octanol–water partition coefficient (Wildman–Crippen LogP) is 3.76. The number of halogens is 1. The summed E-state index contributed by atoms with van der Waals surface area (Å²) >= 11 is 7.71. The van der Waals surface area contributed by atoms with E-state index in [0.29, 0.717) is 40.0 Å². The maximum atomic E-state index is 12.6. The van der Waals surface area contributed by atoms with Gasteiger partial charge in [0.25, 0.3) is 5.91 Å². The Kier molecular flexibility index (Phi) is 6.15. The smallest absolute Gasteiger partial charge is 0.279 e. The summed E-state index contributed by atoms with van der Waals surface area (Å²) in [4.78, 5) is 17.5. The first-order chi connectivity index (χ1) is 13.1. The molecule has 0 unspecified atom stereocenters. The molecule has 0 radical (unpaired) electrons. The number of methoxy groups -OCH3 is 3. The van der Waals surface area contributed by atoms with Crippen LogP contribution >= 0.6 is 22.9 Å². The second-order valence-electron chi connectivity index (χ2n) is 5.60. The fourth-order valence-corrected chi connectivity index (χ4v) is 3.99. The van der Waals surface area contributed by atoms with Gasteiger partial charge in [0.1, 0.15) is 17.0 Å². The predicted molar refractivity (Wildman–Crippen MR) is 106 cm³/mol. The summed E-state index contributed by atoms with van der Waals surface area (Å²) in [6.07, 6.45) is 0. The highest BCUT2D eigenvalue weighted by Crippen LogP contribution is 2.33. The summed E-state index contributed by atoms with van der Waals surface area (Å²) < 4.78 is 18.5. The average molecular weight is 407 g/mol. The zero-order chi connectivity index (χ0) is 19.4. The van der Waals surface area contributed by atoms with Gasteiger partial charge in [-0.1, -0.05) is 22.9 Å². The number of fused-ring (bicyclic) bond motifs is 1. The van der Waals surface area contributed by atoms with Crippen LogP contribution in [0.5, 0.6) is 11.5 Å². The van der Waals surface area contributed by atoms with Crippen LogP contribution in [0, 0.1) is 0 Å². The molecule has 0 spiro atoms. The number of thiazole rings is 1. The van der Waals surface area contributed by atoms with Crippen molar-refractivity contribution in [1.29, 1.82) is 0 Å². The largest absolute Gasteiger partial charge is 0.497 e. The third-order valence-electron chi connectivity index (χ3n) is 4.01. The van der Waals surface area contributed by atoms with E-state index in [2.05, 4.69) is 4.99 Å². The summed E-state index contributed by atoms with van der Waals surface area (Å²) in [5.41, 5.74) is 1.28. The first-order valence-corrected chi connectivity index (χ1v) is 9.36. The topological polar surface area (TPSA) is 62.1 Å². The number of rotatable bonds is 6. The summed E-state index contributed by atoms with van der Waals surface area (Å²) in [5.74, 6) is 1.01. The van der Waals surface area contributed by atoms with E-state index in [4.69, 9.17) is 25.8 Å². The van der Waals surface area contributed by atoms with Crippen LogP contribution in [0.4, 0.5) is 0 Å². The summed E-state index contributed by atoms with van der Waals surface area (Å²) in [7, 11) is 4.80. The Labute approximate surface area is 165 Å². The van der Waals surface area contributed by atoms with E-state index in [1.165, 1.54) is 11.3 Å². The molecule has 1 amide bonds. The van der Waals surface area contributed by atoms with Gasteiger partial charge in [-0.3, -0.25) is 4.79 Å². The van der Waals surface area contributed by atoms with E-state index in [9.17, 15) is 4.79 Å². The lowest BCUT2D eigenvalue weighted by Gasteiger charge is -2.08. The van der Waals surface area contributed by atoms with Gasteiger partial charge in [0.05, 0.1) is 30.5 Å². The lowest BCUT2D eigenvalue weighted by molar-refractivity contribution is 0.0997. The van der Waals surface area contributed by atoms with Crippen LogP contribution in [0.3, 0.4) is 0 Å². The molecule has 0 atom stereocenters. The van der Waals surface area contributed by atoms with Crippen molar-refractivity contribution < 1.29 is 19.0 Å². The molecule has 0 fully saturated rings. The van der Waals surface area contributed by atoms with E-state index < -0.39 is 0 Å². The molecule has 6 nitrogen and oxygen atoms in total. The van der Waals surface area contributed by atoms with Crippen LogP contribution in [0.25, 0.3) is 10.2 Å². The van der Waals surface area contributed by atoms with Gasteiger partial charge in [-0.25, -0.2) is 0 Å². The van der Waals surface area contributed by atoms with Crippen molar-refractivity contribution in [3.05, 3.63) is 51.8 Å². The van der Waals surface area contributed by atoms with Crippen LogP contribution in [0.2, 0.25) is 5.02 Å².